The highest BCUT2D eigenvalue weighted by atomic mass is 32.3. The van der Waals surface area contributed by atoms with Crippen LogP contribution in [0.3, 0.4) is 0 Å². The van der Waals surface area contributed by atoms with Crippen molar-refractivity contribution in [3.05, 3.63) is 23.9 Å². The minimum absolute atomic E-state index is 0.148. The highest BCUT2D eigenvalue weighted by molar-refractivity contribution is 7.80. The van der Waals surface area contributed by atoms with E-state index in [0.29, 0.717) is 29.6 Å². The Bertz CT molecular complexity index is 903. The standard InChI is InChI=1S/C17H23N5O6S/c23-16(20-15-3-1-2-13(19-15)11-6-8-18-9-7-11)14-5-4-12-10-21(14)17(24)22(12)28-29(25,26)27/h1-3,11-12,14,18H,4-10H2,(H,19,20,23)(H,25,26,27)/t12-,14+/m1/s1. The highest BCUT2D eigenvalue weighted by Crippen LogP contribution is 2.31. The highest BCUT2D eigenvalue weighted by Gasteiger charge is 2.49. The van der Waals surface area contributed by atoms with Crippen LogP contribution in [0.25, 0.3) is 0 Å². The van der Waals surface area contributed by atoms with Gasteiger partial charge in [0.05, 0.1) is 6.04 Å². The number of carbonyl (C=O) groups excluding carboxylic acids is 2. The molecule has 4 heterocycles. The summed E-state index contributed by atoms with van der Waals surface area (Å²) in [6, 6.07) is 3.44. The number of hydrogen-bond donors (Lipinski definition) is 3. The van der Waals surface area contributed by atoms with Gasteiger partial charge in [0.15, 0.2) is 0 Å². The number of nitrogens with one attached hydrogen (secondary N) is 2. The Hall–Kier alpha value is -2.28. The molecule has 3 fully saturated rings. The van der Waals surface area contributed by atoms with Crippen LogP contribution in [-0.4, -0.2) is 71.6 Å². The second-order valence-electron chi connectivity index (χ2n) is 7.47. The van der Waals surface area contributed by atoms with Crippen molar-refractivity contribution in [1.82, 2.24) is 20.3 Å². The van der Waals surface area contributed by atoms with Gasteiger partial charge in [0.2, 0.25) is 5.91 Å². The van der Waals surface area contributed by atoms with Gasteiger partial charge in [-0.3, -0.25) is 9.35 Å². The quantitative estimate of drug-likeness (QED) is 0.579. The third-order valence-electron chi connectivity index (χ3n) is 5.58. The van der Waals surface area contributed by atoms with E-state index in [-0.39, 0.29) is 12.5 Å². The molecule has 0 aromatic carbocycles. The first-order valence-electron chi connectivity index (χ1n) is 9.57. The van der Waals surface area contributed by atoms with E-state index < -0.39 is 28.5 Å². The Morgan fingerprint density at radius 1 is 1.24 bits per heavy atom. The zero-order valence-corrected chi connectivity index (χ0v) is 16.5. The molecule has 4 rings (SSSR count). The topological polar surface area (TPSA) is 141 Å². The van der Waals surface area contributed by atoms with Crippen LogP contribution in [-0.2, 0) is 19.5 Å². The second-order valence-corrected chi connectivity index (χ2v) is 8.48. The lowest BCUT2D eigenvalue weighted by atomic mass is 9.94. The average Bonchev–Trinajstić information content (AvgIpc) is 2.92. The summed E-state index contributed by atoms with van der Waals surface area (Å²) in [5.41, 5.74) is 0.929. The maximum Gasteiger partial charge on any atom is 0.418 e. The van der Waals surface area contributed by atoms with Crippen LogP contribution in [0.5, 0.6) is 0 Å². The first kappa shape index (κ1) is 20.0. The fraction of sp³-hybridized carbons (Fsp3) is 0.588. The number of fused-ring (bicyclic) bond motifs is 2. The maximum atomic E-state index is 12.8. The number of hydroxylamine groups is 2. The van der Waals surface area contributed by atoms with Crippen molar-refractivity contribution in [2.24, 2.45) is 0 Å². The van der Waals surface area contributed by atoms with E-state index in [4.69, 9.17) is 4.55 Å². The molecular formula is C17H23N5O6S. The van der Waals surface area contributed by atoms with Gasteiger partial charge in [-0.1, -0.05) is 6.07 Å². The van der Waals surface area contributed by atoms with Crippen LogP contribution in [0.2, 0.25) is 0 Å². The summed E-state index contributed by atoms with van der Waals surface area (Å²) in [5.74, 6) is 0.376. The van der Waals surface area contributed by atoms with Gasteiger partial charge in [-0.25, -0.2) is 9.78 Å². The predicted octanol–water partition coefficient (Wildman–Crippen LogP) is 0.490. The van der Waals surface area contributed by atoms with Gasteiger partial charge in [-0.2, -0.15) is 13.5 Å². The molecule has 0 saturated carbocycles. The van der Waals surface area contributed by atoms with Crippen LogP contribution in [0.1, 0.15) is 37.3 Å². The zero-order chi connectivity index (χ0) is 20.6. The third-order valence-corrected chi connectivity index (χ3v) is 5.93. The van der Waals surface area contributed by atoms with Crippen molar-refractivity contribution >= 4 is 28.2 Å². The molecule has 3 amide bonds. The van der Waals surface area contributed by atoms with Gasteiger partial charge < -0.3 is 15.5 Å². The lowest BCUT2D eigenvalue weighted by Gasteiger charge is -2.29. The number of amides is 3. The molecule has 1 aromatic rings. The van der Waals surface area contributed by atoms with Gasteiger partial charge in [0.25, 0.3) is 0 Å². The summed E-state index contributed by atoms with van der Waals surface area (Å²) >= 11 is 0. The monoisotopic (exact) mass is 425 g/mol. The van der Waals surface area contributed by atoms with Crippen LogP contribution in [0.4, 0.5) is 10.6 Å². The van der Waals surface area contributed by atoms with E-state index in [0.717, 1.165) is 31.6 Å². The number of nitrogens with zero attached hydrogens (tertiary/aromatic N) is 3. The molecule has 29 heavy (non-hydrogen) atoms. The molecule has 2 bridgehead atoms. The molecule has 12 heteroatoms. The van der Waals surface area contributed by atoms with Crippen molar-refractivity contribution < 1.29 is 26.8 Å². The van der Waals surface area contributed by atoms with Crippen LogP contribution >= 0.6 is 0 Å². The average molecular weight is 425 g/mol. The Labute approximate surface area is 168 Å². The van der Waals surface area contributed by atoms with Gasteiger partial charge >= 0.3 is 16.4 Å². The molecule has 1 aromatic heterocycles. The van der Waals surface area contributed by atoms with Crippen molar-refractivity contribution in [3.63, 3.8) is 0 Å². The van der Waals surface area contributed by atoms with E-state index in [1.165, 1.54) is 4.90 Å². The maximum absolute atomic E-state index is 12.8. The minimum Gasteiger partial charge on any atom is -0.317 e. The fourth-order valence-corrected chi connectivity index (χ4v) is 4.57. The van der Waals surface area contributed by atoms with E-state index >= 15 is 0 Å². The summed E-state index contributed by atoms with van der Waals surface area (Å²) < 4.78 is 35.2. The molecule has 3 aliphatic heterocycles. The van der Waals surface area contributed by atoms with E-state index in [9.17, 15) is 18.0 Å². The Kier molecular flexibility index (Phi) is 5.42. The number of aromatic nitrogens is 1. The Morgan fingerprint density at radius 2 is 2.00 bits per heavy atom. The van der Waals surface area contributed by atoms with Gasteiger partial charge in [0.1, 0.15) is 11.9 Å². The number of rotatable bonds is 5. The number of hydrogen-bond acceptors (Lipinski definition) is 7. The minimum atomic E-state index is -4.82. The number of piperidine rings is 2. The number of anilines is 1. The van der Waals surface area contributed by atoms with Crippen LogP contribution in [0, 0.1) is 0 Å². The van der Waals surface area contributed by atoms with Gasteiger partial charge in [-0.15, -0.1) is 4.28 Å². The predicted molar refractivity (Wildman–Crippen MR) is 101 cm³/mol. The number of pyridine rings is 1. The molecule has 3 saturated heterocycles. The lowest BCUT2D eigenvalue weighted by Crippen LogP contribution is -2.47. The van der Waals surface area contributed by atoms with Crippen molar-refractivity contribution in [1.29, 1.82) is 0 Å². The first-order valence-corrected chi connectivity index (χ1v) is 10.9. The van der Waals surface area contributed by atoms with Crippen molar-refractivity contribution in [3.8, 4) is 0 Å². The zero-order valence-electron chi connectivity index (χ0n) is 15.7. The number of urea groups is 1. The molecule has 0 spiro atoms. The third kappa shape index (κ3) is 4.34. The molecule has 3 aliphatic rings. The summed E-state index contributed by atoms with van der Waals surface area (Å²) in [6.07, 6.45) is 2.69. The largest absolute Gasteiger partial charge is 0.418 e. The molecule has 158 valence electrons. The summed E-state index contributed by atoms with van der Waals surface area (Å²) in [7, 11) is -4.82. The van der Waals surface area contributed by atoms with Gasteiger partial charge in [-0.05, 0) is 50.9 Å². The summed E-state index contributed by atoms with van der Waals surface area (Å²) in [6.45, 7) is 2.02. The Balaban J connectivity index is 1.44. The van der Waals surface area contributed by atoms with Crippen LogP contribution in [0.15, 0.2) is 18.2 Å². The lowest BCUT2D eigenvalue weighted by molar-refractivity contribution is -0.120. The Morgan fingerprint density at radius 3 is 2.72 bits per heavy atom. The normalized spacial score (nSPS) is 25.3. The van der Waals surface area contributed by atoms with Crippen LogP contribution < -0.4 is 10.6 Å². The van der Waals surface area contributed by atoms with Crippen molar-refractivity contribution in [2.75, 3.05) is 25.0 Å². The smallest absolute Gasteiger partial charge is 0.317 e. The fourth-order valence-electron chi connectivity index (χ4n) is 4.18. The van der Waals surface area contributed by atoms with E-state index in [1.54, 1.807) is 6.07 Å². The first-order chi connectivity index (χ1) is 13.8. The molecule has 11 nitrogen and oxygen atoms in total. The summed E-state index contributed by atoms with van der Waals surface area (Å²) in [4.78, 5) is 31.1. The molecule has 2 atom stereocenters. The molecule has 0 aliphatic carbocycles. The van der Waals surface area contributed by atoms with Gasteiger partial charge in [0, 0.05) is 18.2 Å². The van der Waals surface area contributed by atoms with E-state index in [2.05, 4.69) is 19.9 Å². The molecular weight excluding hydrogens is 402 g/mol. The number of carbonyl (C=O) groups is 2. The van der Waals surface area contributed by atoms with Crippen molar-refractivity contribution in [2.45, 2.75) is 43.7 Å². The molecule has 0 radical (unpaired) electrons. The summed E-state index contributed by atoms with van der Waals surface area (Å²) in [5, 5.41) is 6.70. The van der Waals surface area contributed by atoms with E-state index in [1.807, 2.05) is 12.1 Å². The molecule has 3 N–H and O–H groups in total. The second kappa shape index (κ2) is 7.86. The SMILES string of the molecule is O=C(Nc1cccc(C2CCNCC2)n1)[C@@H]1CC[C@@H]2CN1C(=O)N2OS(=O)(=O)O. The molecule has 0 unspecified atom stereocenters.